The molecule has 1 saturated heterocycles. The molecule has 138 valence electrons. The second-order valence-corrected chi connectivity index (χ2v) is 6.73. The smallest absolute Gasteiger partial charge is 0.268 e. The molecule has 3 rings (SSSR count). The Morgan fingerprint density at radius 2 is 2.04 bits per heavy atom. The number of rotatable bonds is 6. The van der Waals surface area contributed by atoms with Crippen LogP contribution in [0.1, 0.15) is 19.8 Å². The summed E-state index contributed by atoms with van der Waals surface area (Å²) >= 11 is 1.18. The summed E-state index contributed by atoms with van der Waals surface area (Å²) in [7, 11) is 0. The minimum Gasteiger partial charge on any atom is -0.380 e. The SMILES string of the molecule is CCOCCn1c(=NC(=O)CN2C(=O)CCC2=O)sc2cc(F)ccc21. The molecule has 26 heavy (non-hydrogen) atoms. The number of nitrogens with zero attached hydrogens (tertiary/aromatic N) is 3. The van der Waals surface area contributed by atoms with Crippen molar-refractivity contribution in [3.05, 3.63) is 28.8 Å². The molecule has 0 bridgehead atoms. The molecule has 7 nitrogen and oxygen atoms in total. The molecule has 1 aliphatic heterocycles. The van der Waals surface area contributed by atoms with Gasteiger partial charge in [-0.05, 0) is 25.1 Å². The fourth-order valence-corrected chi connectivity index (χ4v) is 3.82. The van der Waals surface area contributed by atoms with Crippen LogP contribution in [0.4, 0.5) is 4.39 Å². The summed E-state index contributed by atoms with van der Waals surface area (Å²) in [6.07, 6.45) is 0.255. The molecule has 0 aliphatic carbocycles. The van der Waals surface area contributed by atoms with Gasteiger partial charge in [-0.2, -0.15) is 4.99 Å². The zero-order valence-electron chi connectivity index (χ0n) is 14.2. The highest BCUT2D eigenvalue weighted by Crippen LogP contribution is 2.19. The molecule has 0 N–H and O–H groups in total. The number of hydrogen-bond acceptors (Lipinski definition) is 5. The zero-order valence-corrected chi connectivity index (χ0v) is 15.1. The molecule has 1 fully saturated rings. The molecule has 0 unspecified atom stereocenters. The van der Waals surface area contributed by atoms with Crippen LogP contribution in [0.3, 0.4) is 0 Å². The van der Waals surface area contributed by atoms with Crippen molar-refractivity contribution in [2.24, 2.45) is 4.99 Å². The summed E-state index contributed by atoms with van der Waals surface area (Å²) in [6, 6.07) is 4.36. The third kappa shape index (κ3) is 3.88. The fraction of sp³-hybridized carbons (Fsp3) is 0.412. The molecule has 1 aromatic heterocycles. The summed E-state index contributed by atoms with van der Waals surface area (Å²) in [5.41, 5.74) is 0.746. The van der Waals surface area contributed by atoms with Crippen LogP contribution in [-0.2, 0) is 25.7 Å². The van der Waals surface area contributed by atoms with E-state index in [0.29, 0.717) is 29.3 Å². The lowest BCUT2D eigenvalue weighted by atomic mass is 10.3. The molecular formula is C17H18FN3O4S. The van der Waals surface area contributed by atoms with Crippen LogP contribution >= 0.6 is 11.3 Å². The van der Waals surface area contributed by atoms with Gasteiger partial charge in [0.25, 0.3) is 5.91 Å². The Balaban J connectivity index is 1.92. The van der Waals surface area contributed by atoms with Crippen LogP contribution in [0.5, 0.6) is 0 Å². The second kappa shape index (κ2) is 7.88. The molecule has 3 amide bonds. The van der Waals surface area contributed by atoms with Crippen molar-refractivity contribution in [2.45, 2.75) is 26.3 Å². The highest BCUT2D eigenvalue weighted by Gasteiger charge is 2.30. The van der Waals surface area contributed by atoms with Crippen molar-refractivity contribution in [1.29, 1.82) is 0 Å². The lowest BCUT2D eigenvalue weighted by Gasteiger charge is -2.10. The highest BCUT2D eigenvalue weighted by atomic mass is 32.1. The number of imide groups is 1. The standard InChI is InChI=1S/C17H18FN3O4S/c1-2-25-8-7-20-12-4-3-11(18)9-13(12)26-17(20)19-14(22)10-21-15(23)5-6-16(21)24/h3-4,9H,2,5-8,10H2,1H3. The van der Waals surface area contributed by atoms with Gasteiger partial charge in [-0.25, -0.2) is 4.39 Å². The average Bonchev–Trinajstić information content (AvgIpc) is 3.09. The molecule has 2 aromatic rings. The number of hydrogen-bond donors (Lipinski definition) is 0. The van der Waals surface area contributed by atoms with Gasteiger partial charge in [0.05, 0.1) is 16.8 Å². The minimum absolute atomic E-state index is 0.128. The van der Waals surface area contributed by atoms with Crippen molar-refractivity contribution in [1.82, 2.24) is 9.47 Å². The number of carbonyl (C=O) groups excluding carboxylic acids is 3. The lowest BCUT2D eigenvalue weighted by molar-refractivity contribution is -0.141. The summed E-state index contributed by atoms with van der Waals surface area (Å²) < 4.78 is 21.3. The Bertz CT molecular complexity index is 918. The number of likely N-dealkylation sites (tertiary alicyclic amines) is 1. The van der Waals surface area contributed by atoms with Crippen LogP contribution in [0.15, 0.2) is 23.2 Å². The van der Waals surface area contributed by atoms with E-state index < -0.39 is 5.91 Å². The number of thiazole rings is 1. The van der Waals surface area contributed by atoms with Gasteiger partial charge < -0.3 is 9.30 Å². The van der Waals surface area contributed by atoms with Crippen molar-refractivity contribution in [2.75, 3.05) is 19.8 Å². The normalized spacial score (nSPS) is 15.5. The van der Waals surface area contributed by atoms with E-state index in [9.17, 15) is 18.8 Å². The topological polar surface area (TPSA) is 81.0 Å². The third-order valence-corrected chi connectivity index (χ3v) is 5.02. The van der Waals surface area contributed by atoms with Gasteiger partial charge in [-0.15, -0.1) is 0 Å². The lowest BCUT2D eigenvalue weighted by Crippen LogP contribution is -2.34. The number of aromatic nitrogens is 1. The predicted molar refractivity (Wildman–Crippen MR) is 92.8 cm³/mol. The van der Waals surface area contributed by atoms with Crippen molar-refractivity contribution >= 4 is 39.3 Å². The highest BCUT2D eigenvalue weighted by molar-refractivity contribution is 7.16. The number of fused-ring (bicyclic) bond motifs is 1. The van der Waals surface area contributed by atoms with Crippen molar-refractivity contribution in [3.63, 3.8) is 0 Å². The van der Waals surface area contributed by atoms with Crippen LogP contribution in [0.25, 0.3) is 10.2 Å². The monoisotopic (exact) mass is 379 g/mol. The molecule has 1 aliphatic rings. The van der Waals surface area contributed by atoms with Crippen molar-refractivity contribution < 1.29 is 23.5 Å². The van der Waals surface area contributed by atoms with E-state index in [1.54, 1.807) is 10.6 Å². The number of benzene rings is 1. The summed E-state index contributed by atoms with van der Waals surface area (Å²) in [4.78, 5) is 40.9. The molecule has 9 heteroatoms. The first kappa shape index (κ1) is 18.4. The maximum Gasteiger partial charge on any atom is 0.268 e. The second-order valence-electron chi connectivity index (χ2n) is 5.72. The Morgan fingerprint density at radius 1 is 1.31 bits per heavy atom. The van der Waals surface area contributed by atoms with Gasteiger partial charge in [0.2, 0.25) is 11.8 Å². The fourth-order valence-electron chi connectivity index (χ4n) is 2.73. The van der Waals surface area contributed by atoms with E-state index in [4.69, 9.17) is 4.74 Å². The van der Waals surface area contributed by atoms with Gasteiger partial charge in [0.15, 0.2) is 4.80 Å². The van der Waals surface area contributed by atoms with Gasteiger partial charge in [0.1, 0.15) is 12.4 Å². The van der Waals surface area contributed by atoms with E-state index >= 15 is 0 Å². The van der Waals surface area contributed by atoms with Gasteiger partial charge in [-0.1, -0.05) is 11.3 Å². The van der Waals surface area contributed by atoms with Crippen LogP contribution in [0.2, 0.25) is 0 Å². The summed E-state index contributed by atoms with van der Waals surface area (Å²) in [5, 5.41) is 0. The Morgan fingerprint density at radius 3 is 2.73 bits per heavy atom. The van der Waals surface area contributed by atoms with Crippen molar-refractivity contribution in [3.8, 4) is 0 Å². The number of ether oxygens (including phenoxy) is 1. The van der Waals surface area contributed by atoms with Crippen LogP contribution in [0, 0.1) is 5.82 Å². The number of carbonyl (C=O) groups is 3. The van der Waals surface area contributed by atoms with E-state index in [1.807, 2.05) is 6.92 Å². The first-order valence-corrected chi connectivity index (χ1v) is 9.08. The Labute approximate surface area is 152 Å². The van der Waals surface area contributed by atoms with Crippen LogP contribution in [-0.4, -0.2) is 46.9 Å². The Hall–Kier alpha value is -2.39. The summed E-state index contributed by atoms with van der Waals surface area (Å²) in [5.74, 6) is -1.69. The Kier molecular flexibility index (Phi) is 5.58. The maximum absolute atomic E-state index is 13.5. The third-order valence-electron chi connectivity index (χ3n) is 3.98. The summed E-state index contributed by atoms with van der Waals surface area (Å²) in [6.45, 7) is 2.94. The molecule has 0 atom stereocenters. The zero-order chi connectivity index (χ0) is 18.7. The molecular weight excluding hydrogens is 361 g/mol. The van der Waals surface area contributed by atoms with E-state index in [2.05, 4.69) is 4.99 Å². The quantitative estimate of drug-likeness (QED) is 0.562. The average molecular weight is 379 g/mol. The largest absolute Gasteiger partial charge is 0.380 e. The molecule has 2 heterocycles. The van der Waals surface area contributed by atoms with Crippen LogP contribution < -0.4 is 4.80 Å². The molecule has 1 aromatic carbocycles. The minimum atomic E-state index is -0.592. The first-order chi connectivity index (χ1) is 12.5. The number of amides is 3. The van der Waals surface area contributed by atoms with Gasteiger partial charge >= 0.3 is 0 Å². The van der Waals surface area contributed by atoms with Gasteiger partial charge in [-0.3, -0.25) is 19.3 Å². The van der Waals surface area contributed by atoms with E-state index in [0.717, 1.165) is 10.4 Å². The molecule has 0 radical (unpaired) electrons. The predicted octanol–water partition coefficient (Wildman–Crippen LogP) is 1.45. The number of halogens is 1. The molecule has 0 spiro atoms. The first-order valence-electron chi connectivity index (χ1n) is 8.27. The van der Waals surface area contributed by atoms with E-state index in [-0.39, 0.29) is 37.0 Å². The maximum atomic E-state index is 13.5. The van der Waals surface area contributed by atoms with Gasteiger partial charge in [0, 0.05) is 26.0 Å². The van der Waals surface area contributed by atoms with E-state index in [1.165, 1.54) is 23.5 Å². The molecule has 0 saturated carbocycles.